The molecule has 6 nitrogen and oxygen atoms in total. The Bertz CT molecular complexity index is 1070. The van der Waals surface area contributed by atoms with E-state index in [9.17, 15) is 9.59 Å². The second-order valence-corrected chi connectivity index (χ2v) is 7.41. The number of benzene rings is 1. The molecule has 0 saturated carbocycles. The molecule has 1 unspecified atom stereocenters. The molecule has 0 radical (unpaired) electrons. The fourth-order valence-electron chi connectivity index (χ4n) is 3.22. The van der Waals surface area contributed by atoms with Gasteiger partial charge in [-0.3, -0.25) is 14.3 Å². The first-order valence-corrected chi connectivity index (χ1v) is 9.43. The van der Waals surface area contributed by atoms with Gasteiger partial charge in [-0.1, -0.05) is 23.7 Å². The van der Waals surface area contributed by atoms with Gasteiger partial charge in [-0.05, 0) is 62.6 Å². The van der Waals surface area contributed by atoms with E-state index < -0.39 is 11.5 Å². The van der Waals surface area contributed by atoms with E-state index in [-0.39, 0.29) is 11.6 Å². The molecule has 0 aliphatic carbocycles. The van der Waals surface area contributed by atoms with Crippen molar-refractivity contribution in [3.63, 3.8) is 0 Å². The molecule has 1 atom stereocenters. The largest absolute Gasteiger partial charge is 0.349 e. The normalized spacial score (nSPS) is 12.0. The number of nitrogens with zero attached hydrogens (tertiary/aromatic N) is 2. The summed E-state index contributed by atoms with van der Waals surface area (Å²) in [5.74, 6) is -0.393. The highest BCUT2D eigenvalue weighted by atomic mass is 35.5. The van der Waals surface area contributed by atoms with Crippen LogP contribution in [0.1, 0.15) is 34.2 Å². The zero-order chi connectivity index (χ0) is 20.4. The lowest BCUT2D eigenvalue weighted by atomic mass is 10.0. The van der Waals surface area contributed by atoms with Crippen LogP contribution in [0.3, 0.4) is 0 Å². The Morgan fingerprint density at radius 3 is 2.46 bits per heavy atom. The lowest BCUT2D eigenvalue weighted by Crippen LogP contribution is -2.37. The maximum absolute atomic E-state index is 12.6. The number of hydrogen-bond donors (Lipinski definition) is 2. The van der Waals surface area contributed by atoms with Gasteiger partial charge in [0.15, 0.2) is 0 Å². The number of pyridine rings is 1. The minimum Gasteiger partial charge on any atom is -0.349 e. The van der Waals surface area contributed by atoms with Crippen LogP contribution in [0.4, 0.5) is 0 Å². The molecular formula is C21H23ClN4O2. The number of carbonyl (C=O) groups excluding carboxylic acids is 1. The van der Waals surface area contributed by atoms with Gasteiger partial charge in [-0.15, -0.1) is 0 Å². The Labute approximate surface area is 168 Å². The van der Waals surface area contributed by atoms with Crippen molar-refractivity contribution in [3.05, 3.63) is 74.3 Å². The third kappa shape index (κ3) is 4.17. The maximum Gasteiger partial charge on any atom is 0.261 e. The highest BCUT2D eigenvalue weighted by Crippen LogP contribution is 2.19. The van der Waals surface area contributed by atoms with E-state index >= 15 is 0 Å². The summed E-state index contributed by atoms with van der Waals surface area (Å²) in [6.45, 7) is 5.88. The van der Waals surface area contributed by atoms with Crippen LogP contribution in [-0.4, -0.2) is 26.7 Å². The van der Waals surface area contributed by atoms with Crippen LogP contribution in [0.5, 0.6) is 0 Å². The first-order valence-electron chi connectivity index (χ1n) is 9.05. The van der Waals surface area contributed by atoms with Crippen LogP contribution in [0.15, 0.2) is 41.2 Å². The number of H-pyrrole nitrogens is 1. The van der Waals surface area contributed by atoms with Crippen molar-refractivity contribution >= 4 is 17.5 Å². The van der Waals surface area contributed by atoms with Crippen LogP contribution < -0.4 is 10.9 Å². The fraction of sp³-hybridized carbons (Fsp3) is 0.286. The summed E-state index contributed by atoms with van der Waals surface area (Å²) < 4.78 is 1.83. The summed E-state index contributed by atoms with van der Waals surface area (Å²) in [6.07, 6.45) is 0.651. The molecule has 28 heavy (non-hydrogen) atoms. The van der Waals surface area contributed by atoms with Crippen molar-refractivity contribution in [1.29, 1.82) is 0 Å². The van der Waals surface area contributed by atoms with Crippen LogP contribution in [0.25, 0.3) is 11.3 Å². The molecule has 3 aromatic rings. The maximum atomic E-state index is 12.6. The molecule has 0 aliphatic rings. The van der Waals surface area contributed by atoms with Gasteiger partial charge >= 0.3 is 0 Å². The van der Waals surface area contributed by atoms with Crippen molar-refractivity contribution < 1.29 is 4.79 Å². The van der Waals surface area contributed by atoms with Crippen molar-refractivity contribution in [2.45, 2.75) is 33.2 Å². The molecule has 1 aromatic carbocycles. The Balaban J connectivity index is 1.73. The quantitative estimate of drug-likeness (QED) is 0.691. The minimum absolute atomic E-state index is 0.0872. The topological polar surface area (TPSA) is 79.8 Å². The molecule has 0 saturated heterocycles. The highest BCUT2D eigenvalue weighted by Gasteiger charge is 2.17. The van der Waals surface area contributed by atoms with Gasteiger partial charge in [0.1, 0.15) is 5.56 Å². The number of carbonyl (C=O) groups is 1. The predicted molar refractivity (Wildman–Crippen MR) is 111 cm³/mol. The molecule has 1 amide bonds. The third-order valence-corrected chi connectivity index (χ3v) is 5.11. The molecule has 0 aliphatic heterocycles. The van der Waals surface area contributed by atoms with E-state index in [1.807, 2.05) is 44.6 Å². The van der Waals surface area contributed by atoms with Crippen molar-refractivity contribution in [2.24, 2.45) is 7.05 Å². The molecule has 3 rings (SSSR count). The van der Waals surface area contributed by atoms with Crippen molar-refractivity contribution in [2.75, 3.05) is 0 Å². The summed E-state index contributed by atoms with van der Waals surface area (Å²) >= 11 is 5.89. The van der Waals surface area contributed by atoms with E-state index in [0.717, 1.165) is 22.5 Å². The van der Waals surface area contributed by atoms with Crippen LogP contribution in [0, 0.1) is 13.8 Å². The van der Waals surface area contributed by atoms with Gasteiger partial charge in [-0.2, -0.15) is 5.10 Å². The summed E-state index contributed by atoms with van der Waals surface area (Å²) in [5.41, 5.74) is 4.25. The van der Waals surface area contributed by atoms with Crippen LogP contribution in [-0.2, 0) is 13.5 Å². The summed E-state index contributed by atoms with van der Waals surface area (Å²) in [6, 6.07) is 10.3. The minimum atomic E-state index is -0.425. The van der Waals surface area contributed by atoms with Gasteiger partial charge in [-0.25, -0.2) is 0 Å². The van der Waals surface area contributed by atoms with Gasteiger partial charge in [0.2, 0.25) is 0 Å². The Hall–Kier alpha value is -2.86. The second-order valence-electron chi connectivity index (χ2n) is 6.97. The number of nitrogens with one attached hydrogen (secondary N) is 2. The number of amides is 1. The number of aromatic nitrogens is 3. The van der Waals surface area contributed by atoms with Gasteiger partial charge < -0.3 is 10.3 Å². The standard InChI is InChI=1S/C21H23ClN4O2/c1-12(11-18-13(2)25-26(4)14(18)3)23-20(27)17-9-10-19(24-21(17)28)15-5-7-16(22)8-6-15/h5-10,12H,11H2,1-4H3,(H,23,27)(H,24,28). The molecule has 0 fully saturated rings. The molecule has 146 valence electrons. The smallest absolute Gasteiger partial charge is 0.261 e. The number of rotatable bonds is 5. The van der Waals surface area contributed by atoms with E-state index in [1.165, 1.54) is 0 Å². The van der Waals surface area contributed by atoms with E-state index in [1.54, 1.807) is 24.3 Å². The molecular weight excluding hydrogens is 376 g/mol. The zero-order valence-electron chi connectivity index (χ0n) is 16.3. The van der Waals surface area contributed by atoms with Crippen LogP contribution in [0.2, 0.25) is 5.02 Å². The number of aromatic amines is 1. The average molecular weight is 399 g/mol. The Morgan fingerprint density at radius 2 is 1.89 bits per heavy atom. The summed E-state index contributed by atoms with van der Waals surface area (Å²) in [4.78, 5) is 27.7. The first kappa shape index (κ1) is 19.9. The Kier molecular flexibility index (Phi) is 5.70. The molecule has 7 heteroatoms. The molecule has 2 heterocycles. The van der Waals surface area contributed by atoms with Gasteiger partial charge in [0, 0.05) is 29.5 Å². The lowest BCUT2D eigenvalue weighted by Gasteiger charge is -2.14. The third-order valence-electron chi connectivity index (χ3n) is 4.86. The second kappa shape index (κ2) is 8.02. The molecule has 0 bridgehead atoms. The Morgan fingerprint density at radius 1 is 1.21 bits per heavy atom. The van der Waals surface area contributed by atoms with Gasteiger partial charge in [0.05, 0.1) is 5.69 Å². The van der Waals surface area contributed by atoms with Crippen molar-refractivity contribution in [1.82, 2.24) is 20.1 Å². The zero-order valence-corrected chi connectivity index (χ0v) is 17.1. The number of hydrogen-bond acceptors (Lipinski definition) is 3. The number of halogens is 1. The van der Waals surface area contributed by atoms with E-state index in [0.29, 0.717) is 17.1 Å². The van der Waals surface area contributed by atoms with Gasteiger partial charge in [0.25, 0.3) is 11.5 Å². The molecule has 0 spiro atoms. The first-order chi connectivity index (χ1) is 13.3. The highest BCUT2D eigenvalue weighted by molar-refractivity contribution is 6.30. The summed E-state index contributed by atoms with van der Waals surface area (Å²) in [5, 5.41) is 7.92. The van der Waals surface area contributed by atoms with Crippen LogP contribution >= 0.6 is 11.6 Å². The van der Waals surface area contributed by atoms with Crippen molar-refractivity contribution in [3.8, 4) is 11.3 Å². The SMILES string of the molecule is Cc1nn(C)c(C)c1CC(C)NC(=O)c1ccc(-c2ccc(Cl)cc2)[nH]c1=O. The number of aryl methyl sites for hydroxylation is 2. The molecule has 2 N–H and O–H groups in total. The molecule has 2 aromatic heterocycles. The summed E-state index contributed by atoms with van der Waals surface area (Å²) in [7, 11) is 1.90. The predicted octanol–water partition coefficient (Wildman–Crippen LogP) is 3.41. The van der Waals surface area contributed by atoms with E-state index in [4.69, 9.17) is 11.6 Å². The monoisotopic (exact) mass is 398 g/mol. The average Bonchev–Trinajstić information content (AvgIpc) is 2.88. The van der Waals surface area contributed by atoms with E-state index in [2.05, 4.69) is 15.4 Å². The lowest BCUT2D eigenvalue weighted by molar-refractivity contribution is 0.0938. The fourth-order valence-corrected chi connectivity index (χ4v) is 3.35.